The van der Waals surface area contributed by atoms with Crippen molar-refractivity contribution in [3.05, 3.63) is 70.5 Å². The number of nitrogens with one attached hydrogen (secondary N) is 1. The maximum atomic E-state index is 11.5. The van der Waals surface area contributed by atoms with Crippen LogP contribution in [0.4, 0.5) is 0 Å². The van der Waals surface area contributed by atoms with Gasteiger partial charge in [0, 0.05) is 35.3 Å². The molecule has 0 saturated heterocycles. The summed E-state index contributed by atoms with van der Waals surface area (Å²) in [5.41, 5.74) is 13.1. The lowest BCUT2D eigenvalue weighted by molar-refractivity contribution is 0.1000. The number of nitrogens with zero attached hydrogens (tertiary/aromatic N) is 5. The first kappa shape index (κ1) is 22.7. The second-order valence-corrected chi connectivity index (χ2v) is 11.0. The molecule has 0 spiro atoms. The first-order chi connectivity index (χ1) is 17.0. The van der Waals surface area contributed by atoms with Crippen molar-refractivity contribution in [2.24, 2.45) is 5.73 Å². The number of nitrogens with two attached hydrogens (primary N) is 1. The predicted octanol–water partition coefficient (Wildman–Crippen LogP) is 3.85. The number of carbonyl (C=O) groups excluding carboxylic acids is 1. The summed E-state index contributed by atoms with van der Waals surface area (Å²) in [4.78, 5) is 12.5. The van der Waals surface area contributed by atoms with Crippen LogP contribution in [0.25, 0.3) is 11.0 Å². The molecule has 6 rings (SSSR count). The van der Waals surface area contributed by atoms with Crippen molar-refractivity contribution in [1.29, 1.82) is 0 Å². The van der Waals surface area contributed by atoms with Crippen molar-refractivity contribution in [3.63, 3.8) is 0 Å². The summed E-state index contributed by atoms with van der Waals surface area (Å²) in [6, 6.07) is 14.8. The molecule has 35 heavy (non-hydrogen) atoms. The molecule has 0 unspecified atom stereocenters. The molecular weight excluding hydrogens is 478 g/mol. The zero-order valence-corrected chi connectivity index (χ0v) is 21.1. The Labute approximate surface area is 212 Å². The zero-order chi connectivity index (χ0) is 23.9. The Kier molecular flexibility index (Phi) is 6.05. The highest BCUT2D eigenvalue weighted by Crippen LogP contribution is 2.37. The van der Waals surface area contributed by atoms with Crippen LogP contribution in [0.1, 0.15) is 51.8 Å². The lowest BCUT2D eigenvalue weighted by Gasteiger charge is -2.37. The monoisotopic (exact) mass is 505 g/mol. The maximum absolute atomic E-state index is 11.5. The third-order valence-corrected chi connectivity index (χ3v) is 8.61. The van der Waals surface area contributed by atoms with E-state index < -0.39 is 5.91 Å². The molecule has 8 nitrogen and oxygen atoms in total. The van der Waals surface area contributed by atoms with Crippen LogP contribution in [0.5, 0.6) is 0 Å². The summed E-state index contributed by atoms with van der Waals surface area (Å²) < 4.78 is 13.2. The van der Waals surface area contributed by atoms with Gasteiger partial charge in [-0.05, 0) is 79.6 Å². The highest BCUT2D eigenvalue weighted by Gasteiger charge is 2.34. The lowest BCUT2D eigenvalue weighted by atomic mass is 9.86. The molecule has 1 saturated carbocycles. The summed E-state index contributed by atoms with van der Waals surface area (Å²) in [5, 5.41) is 8.73. The summed E-state index contributed by atoms with van der Waals surface area (Å²) in [5.74, 6) is -0.395. The number of hydrogen-bond acceptors (Lipinski definition) is 8. The van der Waals surface area contributed by atoms with Crippen LogP contribution in [-0.2, 0) is 19.5 Å². The van der Waals surface area contributed by atoms with Gasteiger partial charge in [-0.2, -0.15) is 13.8 Å². The Bertz CT molecular complexity index is 1390. The minimum Gasteiger partial charge on any atom is -0.366 e. The number of fused-ring (bicyclic) bond motifs is 2. The van der Waals surface area contributed by atoms with Crippen LogP contribution in [0.2, 0.25) is 0 Å². The number of benzene rings is 2. The average Bonchev–Trinajstić information content (AvgIpc) is 3.42. The van der Waals surface area contributed by atoms with Gasteiger partial charge in [0.05, 0.1) is 30.0 Å². The van der Waals surface area contributed by atoms with E-state index in [0.717, 1.165) is 54.8 Å². The molecule has 1 aliphatic heterocycles. The van der Waals surface area contributed by atoms with E-state index in [2.05, 4.69) is 42.1 Å². The van der Waals surface area contributed by atoms with Gasteiger partial charge < -0.3 is 11.1 Å². The molecule has 180 valence electrons. The van der Waals surface area contributed by atoms with Crippen molar-refractivity contribution in [2.75, 3.05) is 6.54 Å². The molecule has 4 aromatic rings. The molecule has 2 aromatic heterocycles. The van der Waals surface area contributed by atoms with Gasteiger partial charge in [0.2, 0.25) is 5.91 Å². The summed E-state index contributed by atoms with van der Waals surface area (Å²) in [6.45, 7) is 4.82. The van der Waals surface area contributed by atoms with Gasteiger partial charge in [-0.3, -0.25) is 9.48 Å². The quantitative estimate of drug-likeness (QED) is 0.368. The number of amides is 1. The van der Waals surface area contributed by atoms with Crippen molar-refractivity contribution in [1.82, 2.24) is 28.1 Å². The van der Waals surface area contributed by atoms with Gasteiger partial charge in [-0.1, -0.05) is 12.1 Å². The summed E-state index contributed by atoms with van der Waals surface area (Å²) >= 11 is 2.93. The maximum Gasteiger partial charge on any atom is 0.248 e. The lowest BCUT2D eigenvalue weighted by Crippen LogP contribution is -2.42. The van der Waals surface area contributed by atoms with Crippen LogP contribution in [0.15, 0.2) is 47.4 Å². The Balaban J connectivity index is 1.05. The fraction of sp³-hybridized carbons (Fsp3) is 0.360. The van der Waals surface area contributed by atoms with Crippen molar-refractivity contribution in [3.8, 4) is 0 Å². The van der Waals surface area contributed by atoms with E-state index in [0.29, 0.717) is 17.6 Å². The molecular formula is C25H27N7OS2. The number of rotatable bonds is 7. The van der Waals surface area contributed by atoms with Gasteiger partial charge >= 0.3 is 0 Å². The Morgan fingerprint density at radius 1 is 1.20 bits per heavy atom. The normalized spacial score (nSPS) is 20.0. The van der Waals surface area contributed by atoms with E-state index in [-0.39, 0.29) is 0 Å². The van der Waals surface area contributed by atoms with Crippen LogP contribution in [0, 0.1) is 6.92 Å². The first-order valence-corrected chi connectivity index (χ1v) is 13.4. The minimum atomic E-state index is -0.395. The fourth-order valence-electron chi connectivity index (χ4n) is 4.99. The number of primary amides is 1. The smallest absolute Gasteiger partial charge is 0.248 e. The highest BCUT2D eigenvalue weighted by molar-refractivity contribution is 7.97. The summed E-state index contributed by atoms with van der Waals surface area (Å²) in [7, 11) is 0. The molecule has 0 bridgehead atoms. The third kappa shape index (κ3) is 4.58. The van der Waals surface area contributed by atoms with E-state index in [1.54, 1.807) is 18.0 Å². The Morgan fingerprint density at radius 2 is 2.06 bits per heavy atom. The second kappa shape index (κ2) is 9.34. The van der Waals surface area contributed by atoms with Gasteiger partial charge in [0.25, 0.3) is 0 Å². The van der Waals surface area contributed by atoms with Crippen molar-refractivity contribution >= 4 is 40.6 Å². The highest BCUT2D eigenvalue weighted by atomic mass is 32.2. The minimum absolute atomic E-state index is 0.395. The van der Waals surface area contributed by atoms with Gasteiger partial charge in [0.1, 0.15) is 11.0 Å². The van der Waals surface area contributed by atoms with Crippen molar-refractivity contribution in [2.45, 2.75) is 56.3 Å². The van der Waals surface area contributed by atoms with E-state index >= 15 is 0 Å². The van der Waals surface area contributed by atoms with E-state index in [1.165, 1.54) is 34.2 Å². The van der Waals surface area contributed by atoms with Gasteiger partial charge in [0.15, 0.2) is 0 Å². The average molecular weight is 506 g/mol. The standard InChI is InChI=1S/C25H27N7OS2/c1-15-21-7-8-31(34-20-4-2-3-17(10-20)25(26)33)14-24(21)28-32(15)19-11-18(12-19)27-13-16-5-6-22-23(9-16)30-35-29-22/h2-6,9-10,18-19,27H,7-8,11-14H2,1H3,(H2,26,33). The van der Waals surface area contributed by atoms with E-state index in [4.69, 9.17) is 10.8 Å². The summed E-state index contributed by atoms with van der Waals surface area (Å²) in [6.07, 6.45) is 3.19. The molecule has 0 radical (unpaired) electrons. The number of carbonyl (C=O) groups is 1. The molecule has 1 amide bonds. The molecule has 2 aliphatic rings. The van der Waals surface area contributed by atoms with E-state index in [9.17, 15) is 4.79 Å². The van der Waals surface area contributed by atoms with Crippen LogP contribution in [0.3, 0.4) is 0 Å². The molecule has 10 heteroatoms. The topological polar surface area (TPSA) is 102 Å². The van der Waals surface area contributed by atoms with Crippen molar-refractivity contribution < 1.29 is 4.79 Å². The molecule has 3 heterocycles. The first-order valence-electron chi connectivity index (χ1n) is 11.9. The fourth-order valence-corrected chi connectivity index (χ4v) is 6.49. The van der Waals surface area contributed by atoms with Crippen LogP contribution in [-0.4, -0.2) is 41.3 Å². The van der Waals surface area contributed by atoms with Crippen LogP contribution < -0.4 is 11.1 Å². The van der Waals surface area contributed by atoms with Gasteiger partial charge in [-0.25, -0.2) is 4.31 Å². The molecule has 3 N–H and O–H groups in total. The largest absolute Gasteiger partial charge is 0.366 e. The molecule has 2 aromatic carbocycles. The van der Waals surface area contributed by atoms with Gasteiger partial charge in [-0.15, -0.1) is 0 Å². The molecule has 0 atom stereocenters. The second-order valence-electron chi connectivity index (χ2n) is 9.34. The predicted molar refractivity (Wildman–Crippen MR) is 138 cm³/mol. The Hall–Kier alpha value is -2.79. The van der Waals surface area contributed by atoms with E-state index in [1.807, 2.05) is 24.3 Å². The number of aromatic nitrogens is 4. The Morgan fingerprint density at radius 3 is 2.91 bits per heavy atom. The SMILES string of the molecule is Cc1c2c(nn1C1CC(NCc3ccc4nsnc4c3)C1)CN(Sc1cccc(C(N)=O)c1)CC2. The molecule has 1 fully saturated rings. The molecule has 1 aliphatic carbocycles. The van der Waals surface area contributed by atoms with Crippen LogP contribution >= 0.6 is 23.7 Å². The third-order valence-electron chi connectivity index (χ3n) is 7.02. The zero-order valence-electron chi connectivity index (χ0n) is 19.5. The number of hydrogen-bond donors (Lipinski definition) is 2.